The number of carbonyl (C=O) groups is 1. The summed E-state index contributed by atoms with van der Waals surface area (Å²) in [5.41, 5.74) is 0.373. The molecule has 7 heteroatoms. The van der Waals surface area contributed by atoms with Crippen molar-refractivity contribution in [2.45, 2.75) is 20.4 Å². The van der Waals surface area contributed by atoms with E-state index < -0.39 is 5.91 Å². The number of hydrogen-bond acceptors (Lipinski definition) is 3. The fourth-order valence-electron chi connectivity index (χ4n) is 1.87. The van der Waals surface area contributed by atoms with Crippen molar-refractivity contribution in [1.82, 2.24) is 9.78 Å². The molecule has 0 atom stereocenters. The first kappa shape index (κ1) is 16.5. The predicted octanol–water partition coefficient (Wildman–Crippen LogP) is 3.46. The molecule has 0 aliphatic carbocycles. The maximum absolute atomic E-state index is 12.2. The van der Waals surface area contributed by atoms with Crippen LogP contribution in [0.3, 0.4) is 0 Å². The number of carbonyl (C=O) groups excluding carboxylic acids is 1. The average molecular weight is 340 g/mol. The maximum Gasteiger partial charge on any atom is 0.276 e. The molecule has 0 fully saturated rings. The van der Waals surface area contributed by atoms with Gasteiger partial charge in [0.05, 0.1) is 0 Å². The van der Waals surface area contributed by atoms with Gasteiger partial charge in [-0.15, -0.1) is 0 Å². The standard InChI is InChI=1S/C15H15Cl2N3O2/c1-9(2)8-20-14(21)4-3-13(19-20)15(22)18-12-6-10(16)5-11(17)7-12/h3-7,9H,8H2,1-2H3,(H,18,22). The molecule has 1 heterocycles. The molecule has 0 unspecified atom stereocenters. The third kappa shape index (κ3) is 4.32. The van der Waals surface area contributed by atoms with Gasteiger partial charge in [0.2, 0.25) is 0 Å². The minimum atomic E-state index is -0.434. The zero-order valence-corrected chi connectivity index (χ0v) is 13.6. The Morgan fingerprint density at radius 3 is 2.45 bits per heavy atom. The molecule has 2 aromatic rings. The number of hydrogen-bond donors (Lipinski definition) is 1. The third-order valence-corrected chi connectivity index (χ3v) is 3.19. The van der Waals surface area contributed by atoms with Gasteiger partial charge < -0.3 is 5.32 Å². The second-order valence-corrected chi connectivity index (χ2v) is 6.12. The summed E-state index contributed by atoms with van der Waals surface area (Å²) in [6.07, 6.45) is 0. The summed E-state index contributed by atoms with van der Waals surface area (Å²) >= 11 is 11.8. The smallest absolute Gasteiger partial charge is 0.276 e. The number of benzene rings is 1. The Morgan fingerprint density at radius 2 is 1.86 bits per heavy atom. The topological polar surface area (TPSA) is 64.0 Å². The molecule has 116 valence electrons. The van der Waals surface area contributed by atoms with Gasteiger partial charge in [-0.3, -0.25) is 9.59 Å². The van der Waals surface area contributed by atoms with Crippen LogP contribution in [0.2, 0.25) is 10.0 Å². The van der Waals surface area contributed by atoms with Crippen LogP contribution in [0.4, 0.5) is 5.69 Å². The van der Waals surface area contributed by atoms with Gasteiger partial charge in [0, 0.05) is 28.3 Å². The molecule has 1 amide bonds. The van der Waals surface area contributed by atoms with E-state index in [1.807, 2.05) is 13.8 Å². The van der Waals surface area contributed by atoms with Gasteiger partial charge in [0.15, 0.2) is 0 Å². The fourth-order valence-corrected chi connectivity index (χ4v) is 2.39. The van der Waals surface area contributed by atoms with E-state index >= 15 is 0 Å². The van der Waals surface area contributed by atoms with Crippen molar-refractivity contribution in [3.8, 4) is 0 Å². The SMILES string of the molecule is CC(C)Cn1nc(C(=O)Nc2cc(Cl)cc(Cl)c2)ccc1=O. The Hall–Kier alpha value is -1.85. The van der Waals surface area contributed by atoms with Gasteiger partial charge in [-0.2, -0.15) is 5.10 Å². The highest BCUT2D eigenvalue weighted by atomic mass is 35.5. The van der Waals surface area contributed by atoms with Gasteiger partial charge in [-0.25, -0.2) is 4.68 Å². The Morgan fingerprint density at radius 1 is 1.23 bits per heavy atom. The van der Waals surface area contributed by atoms with E-state index in [4.69, 9.17) is 23.2 Å². The number of amides is 1. The number of aromatic nitrogens is 2. The van der Waals surface area contributed by atoms with Gasteiger partial charge >= 0.3 is 0 Å². The lowest BCUT2D eigenvalue weighted by Gasteiger charge is -2.10. The van der Waals surface area contributed by atoms with E-state index in [1.54, 1.807) is 18.2 Å². The summed E-state index contributed by atoms with van der Waals surface area (Å²) in [6.45, 7) is 4.38. The van der Waals surface area contributed by atoms with Crippen LogP contribution in [0.15, 0.2) is 35.1 Å². The summed E-state index contributed by atoms with van der Waals surface area (Å²) < 4.78 is 1.28. The fraction of sp³-hybridized carbons (Fsp3) is 0.267. The Bertz CT molecular complexity index is 736. The van der Waals surface area contributed by atoms with E-state index in [1.165, 1.54) is 16.8 Å². The van der Waals surface area contributed by atoms with Crippen LogP contribution in [0, 0.1) is 5.92 Å². The first-order valence-electron chi connectivity index (χ1n) is 6.71. The van der Waals surface area contributed by atoms with Gasteiger partial charge in [-0.1, -0.05) is 37.0 Å². The predicted molar refractivity (Wildman–Crippen MR) is 87.8 cm³/mol. The number of anilines is 1. The number of halogens is 2. The summed E-state index contributed by atoms with van der Waals surface area (Å²) in [4.78, 5) is 23.9. The highest BCUT2D eigenvalue weighted by Gasteiger charge is 2.11. The van der Waals surface area contributed by atoms with Crippen molar-refractivity contribution in [2.24, 2.45) is 5.92 Å². The number of nitrogens with one attached hydrogen (secondary N) is 1. The maximum atomic E-state index is 12.2. The zero-order chi connectivity index (χ0) is 16.3. The molecule has 0 saturated heterocycles. The van der Waals surface area contributed by atoms with E-state index in [-0.39, 0.29) is 17.2 Å². The minimum Gasteiger partial charge on any atom is -0.320 e. The summed E-state index contributed by atoms with van der Waals surface area (Å²) in [5.74, 6) is -0.189. The molecule has 0 aliphatic rings. The largest absolute Gasteiger partial charge is 0.320 e. The third-order valence-electron chi connectivity index (χ3n) is 2.76. The Balaban J connectivity index is 2.24. The molecular formula is C15H15Cl2N3O2. The number of rotatable bonds is 4. The highest BCUT2D eigenvalue weighted by molar-refractivity contribution is 6.35. The van der Waals surface area contributed by atoms with Crippen LogP contribution in [-0.4, -0.2) is 15.7 Å². The molecule has 5 nitrogen and oxygen atoms in total. The Labute approximate surface area is 137 Å². The molecular weight excluding hydrogens is 325 g/mol. The first-order chi connectivity index (χ1) is 10.3. The molecule has 1 N–H and O–H groups in total. The highest BCUT2D eigenvalue weighted by Crippen LogP contribution is 2.22. The van der Waals surface area contributed by atoms with Gasteiger partial charge in [-0.05, 0) is 30.2 Å². The quantitative estimate of drug-likeness (QED) is 0.927. The van der Waals surface area contributed by atoms with Crippen molar-refractivity contribution < 1.29 is 4.79 Å². The molecule has 2 rings (SSSR count). The van der Waals surface area contributed by atoms with Crippen LogP contribution in [0.1, 0.15) is 24.3 Å². The van der Waals surface area contributed by atoms with E-state index in [9.17, 15) is 9.59 Å². The van der Waals surface area contributed by atoms with E-state index in [0.717, 1.165) is 0 Å². The Kier molecular flexibility index (Phi) is 5.21. The first-order valence-corrected chi connectivity index (χ1v) is 7.46. The van der Waals surface area contributed by atoms with Crippen molar-refractivity contribution in [1.29, 1.82) is 0 Å². The molecule has 0 radical (unpaired) electrons. The lowest BCUT2D eigenvalue weighted by Crippen LogP contribution is -2.27. The lowest BCUT2D eigenvalue weighted by molar-refractivity contribution is 0.101. The number of nitrogens with zero attached hydrogens (tertiary/aromatic N) is 2. The van der Waals surface area contributed by atoms with Crippen LogP contribution in [0.5, 0.6) is 0 Å². The molecule has 1 aromatic carbocycles. The average Bonchev–Trinajstić information content (AvgIpc) is 2.39. The summed E-state index contributed by atoms with van der Waals surface area (Å²) in [5, 5.41) is 7.57. The van der Waals surface area contributed by atoms with E-state index in [2.05, 4.69) is 10.4 Å². The minimum absolute atomic E-state index is 0.149. The van der Waals surface area contributed by atoms with E-state index in [0.29, 0.717) is 22.3 Å². The molecule has 0 spiro atoms. The second kappa shape index (κ2) is 6.94. The van der Waals surface area contributed by atoms with Crippen molar-refractivity contribution in [3.63, 3.8) is 0 Å². The van der Waals surface area contributed by atoms with Crippen LogP contribution in [0.25, 0.3) is 0 Å². The monoisotopic (exact) mass is 339 g/mol. The molecule has 0 aliphatic heterocycles. The summed E-state index contributed by atoms with van der Waals surface area (Å²) in [6, 6.07) is 7.45. The van der Waals surface area contributed by atoms with Gasteiger partial charge in [0.25, 0.3) is 11.5 Å². The van der Waals surface area contributed by atoms with Crippen LogP contribution in [-0.2, 0) is 6.54 Å². The molecule has 0 bridgehead atoms. The van der Waals surface area contributed by atoms with Gasteiger partial charge in [0.1, 0.15) is 5.69 Å². The molecule has 22 heavy (non-hydrogen) atoms. The van der Waals surface area contributed by atoms with Crippen molar-refractivity contribution in [2.75, 3.05) is 5.32 Å². The van der Waals surface area contributed by atoms with Crippen LogP contribution < -0.4 is 10.9 Å². The van der Waals surface area contributed by atoms with Crippen molar-refractivity contribution in [3.05, 3.63) is 56.4 Å². The van der Waals surface area contributed by atoms with Crippen LogP contribution >= 0.6 is 23.2 Å². The van der Waals surface area contributed by atoms with Crippen molar-refractivity contribution >= 4 is 34.8 Å². The molecule has 1 aromatic heterocycles. The second-order valence-electron chi connectivity index (χ2n) is 5.25. The molecule has 0 saturated carbocycles. The summed E-state index contributed by atoms with van der Waals surface area (Å²) in [7, 11) is 0. The lowest BCUT2D eigenvalue weighted by atomic mass is 10.2. The normalized spacial score (nSPS) is 10.8. The zero-order valence-electron chi connectivity index (χ0n) is 12.1.